The van der Waals surface area contributed by atoms with Crippen molar-refractivity contribution in [2.24, 2.45) is 11.7 Å². The average Bonchev–Trinajstić information content (AvgIpc) is 3.40. The Morgan fingerprint density at radius 3 is 2.83 bits per heavy atom. The van der Waals surface area contributed by atoms with Crippen molar-refractivity contribution in [3.63, 3.8) is 0 Å². The first-order chi connectivity index (χ1) is 19.9. The number of Topliss-reactive ketones (excluding diaryl/α,β-unsaturated/α-hetero) is 2. The minimum Gasteiger partial charge on any atom is -0.504 e. The molecule has 0 fully saturated rings. The van der Waals surface area contributed by atoms with Crippen molar-refractivity contribution in [2.45, 2.75) is 69.3 Å². The van der Waals surface area contributed by atoms with E-state index in [-0.39, 0.29) is 41.1 Å². The summed E-state index contributed by atoms with van der Waals surface area (Å²) in [6, 6.07) is 3.53. The molecule has 3 heterocycles. The maximum Gasteiger partial charge on any atom is 0.166 e. The van der Waals surface area contributed by atoms with Crippen molar-refractivity contribution in [2.75, 3.05) is 12.9 Å². The number of allylic oxidation sites excluding steroid dienone is 3. The molecule has 0 saturated heterocycles. The van der Waals surface area contributed by atoms with Crippen LogP contribution in [-0.4, -0.2) is 50.5 Å². The van der Waals surface area contributed by atoms with E-state index >= 15 is 0 Å². The molecule has 2 aliphatic heterocycles. The van der Waals surface area contributed by atoms with Gasteiger partial charge in [0, 0.05) is 43.2 Å². The predicted molar refractivity (Wildman–Crippen MR) is 166 cm³/mol. The molecular formula is C31H38N4O4S2. The lowest BCUT2D eigenvalue weighted by Gasteiger charge is -2.31. The molecule has 218 valence electrons. The Labute approximate surface area is 249 Å². The summed E-state index contributed by atoms with van der Waals surface area (Å²) in [6.45, 7) is 2.88. The number of methoxy groups -OCH3 is 1. The highest BCUT2D eigenvalue weighted by Gasteiger charge is 2.31. The van der Waals surface area contributed by atoms with Crippen LogP contribution in [0.5, 0.6) is 11.5 Å². The van der Waals surface area contributed by atoms with Gasteiger partial charge in [-0.1, -0.05) is 41.0 Å². The van der Waals surface area contributed by atoms with Crippen LogP contribution < -0.4 is 15.8 Å². The zero-order valence-electron chi connectivity index (χ0n) is 23.5. The van der Waals surface area contributed by atoms with Gasteiger partial charge in [0.2, 0.25) is 0 Å². The SMILES string of the molecule is CC[C@H]1CCC(=O)CC(=O)C2=Cc3cc(OC)c(O)cc3[C@H](CC2)C2=CNC(N)C(=C2)[C@@H](Cn2ccnc2)SSC1. The van der Waals surface area contributed by atoms with Crippen molar-refractivity contribution in [1.82, 2.24) is 14.9 Å². The summed E-state index contributed by atoms with van der Waals surface area (Å²) in [5.41, 5.74) is 11.2. The maximum atomic E-state index is 13.4. The largest absolute Gasteiger partial charge is 0.504 e. The Kier molecular flexibility index (Phi) is 9.62. The van der Waals surface area contributed by atoms with Gasteiger partial charge < -0.3 is 25.5 Å². The van der Waals surface area contributed by atoms with Gasteiger partial charge >= 0.3 is 0 Å². The Morgan fingerprint density at radius 2 is 2.07 bits per heavy atom. The van der Waals surface area contributed by atoms with E-state index in [0.717, 1.165) is 47.4 Å². The second-order valence-corrected chi connectivity index (χ2v) is 13.5. The van der Waals surface area contributed by atoms with Gasteiger partial charge in [-0.3, -0.25) is 9.59 Å². The second kappa shape index (κ2) is 13.4. The number of nitrogens with zero attached hydrogens (tertiary/aromatic N) is 2. The molecule has 1 aromatic heterocycles. The first-order valence-corrected chi connectivity index (χ1v) is 16.6. The van der Waals surface area contributed by atoms with E-state index in [1.165, 1.54) is 7.11 Å². The van der Waals surface area contributed by atoms with Crippen molar-refractivity contribution in [1.29, 1.82) is 0 Å². The highest BCUT2D eigenvalue weighted by molar-refractivity contribution is 8.77. The Bertz CT molecular complexity index is 1370. The molecule has 0 spiro atoms. The normalized spacial score (nSPS) is 25.7. The van der Waals surface area contributed by atoms with E-state index in [4.69, 9.17) is 10.5 Å². The number of aromatic hydroxyl groups is 1. The maximum absolute atomic E-state index is 13.4. The van der Waals surface area contributed by atoms with E-state index in [1.807, 2.05) is 46.4 Å². The number of benzene rings is 1. The highest BCUT2D eigenvalue weighted by Crippen LogP contribution is 2.44. The molecule has 1 aromatic carbocycles. The Hall–Kier alpha value is -2.95. The van der Waals surface area contributed by atoms with Gasteiger partial charge in [0.05, 0.1) is 31.3 Å². The molecule has 4 atom stereocenters. The minimum absolute atomic E-state index is 0.00348. The summed E-state index contributed by atoms with van der Waals surface area (Å²) in [5.74, 6) is 1.49. The molecule has 41 heavy (non-hydrogen) atoms. The van der Waals surface area contributed by atoms with Crippen LogP contribution in [0.1, 0.15) is 62.5 Å². The van der Waals surface area contributed by atoms with Crippen LogP contribution in [0.4, 0.5) is 0 Å². The molecule has 3 aliphatic rings. The molecule has 4 bridgehead atoms. The number of ketones is 2. The minimum atomic E-state index is -0.341. The van der Waals surface area contributed by atoms with Crippen LogP contribution >= 0.6 is 21.6 Å². The van der Waals surface area contributed by atoms with Crippen molar-refractivity contribution >= 4 is 39.2 Å². The first-order valence-electron chi connectivity index (χ1n) is 14.2. The number of imidazole rings is 1. The van der Waals surface area contributed by atoms with Crippen molar-refractivity contribution in [3.8, 4) is 11.5 Å². The molecule has 8 nitrogen and oxygen atoms in total. The van der Waals surface area contributed by atoms with E-state index in [2.05, 4.69) is 27.9 Å². The molecule has 0 saturated carbocycles. The summed E-state index contributed by atoms with van der Waals surface area (Å²) in [4.78, 5) is 30.5. The molecule has 5 rings (SSSR count). The molecule has 1 unspecified atom stereocenters. The zero-order valence-corrected chi connectivity index (χ0v) is 25.2. The average molecular weight is 595 g/mol. The number of hydrogen-bond acceptors (Lipinski definition) is 9. The lowest BCUT2D eigenvalue weighted by atomic mass is 9.83. The zero-order chi connectivity index (χ0) is 28.9. The fourth-order valence-corrected chi connectivity index (χ4v) is 8.94. The third kappa shape index (κ3) is 6.93. The molecule has 1 aliphatic carbocycles. The molecule has 0 amide bonds. The van der Waals surface area contributed by atoms with Crippen molar-refractivity contribution < 1.29 is 19.4 Å². The topological polar surface area (TPSA) is 119 Å². The van der Waals surface area contributed by atoms with Crippen LogP contribution in [0.25, 0.3) is 6.08 Å². The predicted octanol–water partition coefficient (Wildman–Crippen LogP) is 5.35. The lowest BCUT2D eigenvalue weighted by Crippen LogP contribution is -2.42. The number of aromatic nitrogens is 2. The number of phenols is 1. The molecule has 4 N–H and O–H groups in total. The number of dihydropyridines is 1. The van der Waals surface area contributed by atoms with Gasteiger partial charge in [-0.05, 0) is 71.2 Å². The van der Waals surface area contributed by atoms with Crippen LogP contribution in [-0.2, 0) is 16.1 Å². The molecular weight excluding hydrogens is 556 g/mol. The molecule has 0 radical (unpaired) electrons. The Morgan fingerprint density at radius 1 is 1.22 bits per heavy atom. The van der Waals surface area contributed by atoms with Crippen molar-refractivity contribution in [3.05, 3.63) is 71.0 Å². The summed E-state index contributed by atoms with van der Waals surface area (Å²) in [6.07, 6.45) is 14.6. The third-order valence-corrected chi connectivity index (χ3v) is 11.1. The monoisotopic (exact) mass is 594 g/mol. The summed E-state index contributed by atoms with van der Waals surface area (Å²) in [7, 11) is 5.15. The van der Waals surface area contributed by atoms with Gasteiger partial charge in [-0.25, -0.2) is 4.98 Å². The Balaban J connectivity index is 1.58. The fraction of sp³-hybridized carbons (Fsp3) is 0.452. The summed E-state index contributed by atoms with van der Waals surface area (Å²) in [5, 5.41) is 14.2. The van der Waals surface area contributed by atoms with E-state index in [1.54, 1.807) is 18.3 Å². The van der Waals surface area contributed by atoms with E-state index in [9.17, 15) is 14.7 Å². The standard InChI is InChI=1S/C31H38N4O4S2/c1-3-19-4-6-23(36)13-27(37)20-5-7-24(25-14-28(38)29(39-2)12-21(25)10-20)22-11-26(31(32)34-15-22)30(41-40-17-19)16-35-9-8-33-18-35/h8-12,14-15,18-19,24,30-31,34,38H,3-7,13,16-17,32H2,1-2H3/t19-,24+,30+,31?/m0/s1. The first kappa shape index (κ1) is 29.5. The van der Waals surface area contributed by atoms with Crippen LogP contribution in [0.2, 0.25) is 0 Å². The number of nitrogens with one attached hydrogen (secondary N) is 1. The number of carbonyl (C=O) groups is 2. The number of phenolic OH excluding ortho intramolecular Hbond substituents is 1. The van der Waals surface area contributed by atoms with E-state index < -0.39 is 0 Å². The number of hydrogen-bond donors (Lipinski definition) is 3. The quantitative estimate of drug-likeness (QED) is 0.318. The van der Waals surface area contributed by atoms with Gasteiger partial charge in [0.15, 0.2) is 17.3 Å². The molecule has 10 heteroatoms. The number of carbonyl (C=O) groups excluding carboxylic acids is 2. The fourth-order valence-electron chi connectivity index (χ4n) is 5.72. The van der Waals surface area contributed by atoms with Crippen LogP contribution in [0.3, 0.4) is 0 Å². The number of nitrogens with two attached hydrogens (primary N) is 1. The van der Waals surface area contributed by atoms with Crippen LogP contribution in [0, 0.1) is 5.92 Å². The number of fused-ring (bicyclic) bond motifs is 7. The summed E-state index contributed by atoms with van der Waals surface area (Å²) < 4.78 is 7.48. The van der Waals surface area contributed by atoms with Crippen LogP contribution in [0.15, 0.2) is 59.8 Å². The van der Waals surface area contributed by atoms with E-state index in [0.29, 0.717) is 36.5 Å². The van der Waals surface area contributed by atoms with Gasteiger partial charge in [-0.15, -0.1) is 0 Å². The van der Waals surface area contributed by atoms with Gasteiger partial charge in [-0.2, -0.15) is 0 Å². The number of rotatable bonds is 4. The third-order valence-electron chi connectivity index (χ3n) is 8.24. The highest BCUT2D eigenvalue weighted by atomic mass is 33.1. The smallest absolute Gasteiger partial charge is 0.166 e. The number of ether oxygens (including phenoxy) is 1. The lowest BCUT2D eigenvalue weighted by molar-refractivity contribution is -0.125. The summed E-state index contributed by atoms with van der Waals surface area (Å²) >= 11 is 0. The van der Waals surface area contributed by atoms with Gasteiger partial charge in [0.1, 0.15) is 5.78 Å². The molecule has 2 aromatic rings. The second-order valence-electron chi connectivity index (χ2n) is 10.9. The van der Waals surface area contributed by atoms with Gasteiger partial charge in [0.25, 0.3) is 0 Å².